The molecule has 0 aromatic heterocycles. The Hall–Kier alpha value is -1.14. The van der Waals surface area contributed by atoms with Crippen molar-refractivity contribution in [1.82, 2.24) is 5.32 Å². The maximum Gasteiger partial charge on any atom is 0.407 e. The van der Waals surface area contributed by atoms with E-state index in [1.54, 1.807) is 0 Å². The highest BCUT2D eigenvalue weighted by molar-refractivity contribution is 14.1. The first kappa shape index (κ1) is 41.9. The van der Waals surface area contributed by atoms with Crippen LogP contribution in [0.25, 0.3) is 0 Å². The van der Waals surface area contributed by atoms with Gasteiger partial charge in [0.2, 0.25) is 0 Å². The molecule has 13 heteroatoms. The van der Waals surface area contributed by atoms with Gasteiger partial charge < -0.3 is 52.7 Å². The maximum atomic E-state index is 11.6. The third-order valence-corrected chi connectivity index (χ3v) is 6.64. The molecule has 0 bridgehead atoms. The molecule has 1 amide bonds. The number of unbranched alkanes of at least 4 members (excludes halogenated alkanes) is 3. The Bertz CT molecular complexity index is 736. The lowest BCUT2D eigenvalue weighted by molar-refractivity contribution is -0.0249. The Morgan fingerprint density at radius 2 is 0.867 bits per heavy atom. The molecule has 0 saturated heterocycles. The molecule has 0 spiro atoms. The number of alkyl halides is 1. The van der Waals surface area contributed by atoms with Gasteiger partial charge in [-0.2, -0.15) is 0 Å². The van der Waals surface area contributed by atoms with Gasteiger partial charge >= 0.3 is 6.09 Å². The summed E-state index contributed by atoms with van der Waals surface area (Å²) >= 11 is 2.42. The van der Waals surface area contributed by atoms with E-state index in [4.69, 9.17) is 47.4 Å². The number of hydrogen-bond acceptors (Lipinski definition) is 11. The third-order valence-electron chi connectivity index (χ3n) is 5.88. The van der Waals surface area contributed by atoms with Gasteiger partial charge in [0.25, 0.3) is 0 Å². The van der Waals surface area contributed by atoms with Crippen LogP contribution < -0.4 is 5.32 Å². The average molecular weight is 758 g/mol. The molecule has 0 aliphatic heterocycles. The summed E-state index contributed by atoms with van der Waals surface area (Å²) in [7, 11) is 0. The quantitative estimate of drug-likeness (QED) is 0.0614. The number of amides is 1. The monoisotopic (exact) mass is 757 g/mol. The summed E-state index contributed by atoms with van der Waals surface area (Å²) in [6.45, 7) is 10.1. The first-order valence-electron chi connectivity index (χ1n) is 16.0. The van der Waals surface area contributed by atoms with E-state index in [-0.39, 0.29) is 6.61 Å². The largest absolute Gasteiger partial charge is 0.445 e. The summed E-state index contributed by atoms with van der Waals surface area (Å²) in [5, 5.41) is 2.64. The summed E-state index contributed by atoms with van der Waals surface area (Å²) in [5.74, 6) is 0. The minimum absolute atomic E-state index is 0.242. The van der Waals surface area contributed by atoms with Crippen molar-refractivity contribution < 1.29 is 52.2 Å². The smallest absolute Gasteiger partial charge is 0.407 e. The van der Waals surface area contributed by atoms with E-state index in [1.165, 1.54) is 23.7 Å². The highest BCUT2D eigenvalue weighted by atomic mass is 127. The number of rotatable bonds is 35. The molecule has 1 N–H and O–H groups in total. The van der Waals surface area contributed by atoms with Crippen molar-refractivity contribution in [1.29, 1.82) is 0 Å². The van der Waals surface area contributed by atoms with Crippen LogP contribution in [0.5, 0.6) is 0 Å². The first-order valence-corrected chi connectivity index (χ1v) is 17.6. The lowest BCUT2D eigenvalue weighted by Crippen LogP contribution is -2.28. The van der Waals surface area contributed by atoms with Crippen molar-refractivity contribution in [2.24, 2.45) is 0 Å². The Balaban J connectivity index is 1.64. The van der Waals surface area contributed by atoms with E-state index >= 15 is 0 Å². The molecule has 1 rings (SSSR count). The highest BCUT2D eigenvalue weighted by Gasteiger charge is 2.02. The highest BCUT2D eigenvalue weighted by Crippen LogP contribution is 2.02. The number of carbonyl (C=O) groups is 1. The molecule has 0 heterocycles. The van der Waals surface area contributed by atoms with E-state index in [9.17, 15) is 4.79 Å². The van der Waals surface area contributed by atoms with Crippen LogP contribution in [0.3, 0.4) is 0 Å². The minimum Gasteiger partial charge on any atom is -0.445 e. The van der Waals surface area contributed by atoms with E-state index in [0.29, 0.717) is 119 Å². The summed E-state index contributed by atoms with van der Waals surface area (Å²) < 4.78 is 55.7. The van der Waals surface area contributed by atoms with Crippen LogP contribution in [0.15, 0.2) is 30.3 Å². The summed E-state index contributed by atoms with van der Waals surface area (Å²) in [4.78, 5) is 11.6. The van der Waals surface area contributed by atoms with Gasteiger partial charge in [-0.25, -0.2) is 4.79 Å². The van der Waals surface area contributed by atoms with Gasteiger partial charge in [-0.3, -0.25) is 0 Å². The molecule has 1 aromatic carbocycles. The molecule has 0 aliphatic carbocycles. The van der Waals surface area contributed by atoms with Crippen molar-refractivity contribution in [2.45, 2.75) is 32.3 Å². The van der Waals surface area contributed by atoms with E-state index in [2.05, 4.69) is 27.9 Å². The van der Waals surface area contributed by atoms with Gasteiger partial charge in [-0.1, -0.05) is 65.8 Å². The molecule has 0 atom stereocenters. The molecule has 0 radical (unpaired) electrons. The van der Waals surface area contributed by atoms with E-state index in [1.807, 2.05) is 30.3 Å². The Kier molecular flexibility index (Phi) is 33.2. The summed E-state index contributed by atoms with van der Waals surface area (Å²) in [6, 6.07) is 9.52. The van der Waals surface area contributed by atoms with Crippen LogP contribution in [0.4, 0.5) is 4.79 Å². The van der Waals surface area contributed by atoms with Crippen LogP contribution in [0.1, 0.15) is 31.2 Å². The van der Waals surface area contributed by atoms with Gasteiger partial charge in [-0.15, -0.1) is 0 Å². The van der Waals surface area contributed by atoms with Crippen LogP contribution in [0, 0.1) is 0 Å². The summed E-state index contributed by atoms with van der Waals surface area (Å²) in [6.07, 6.45) is 4.50. The van der Waals surface area contributed by atoms with Crippen LogP contribution in [0.2, 0.25) is 0 Å². The first-order chi connectivity index (χ1) is 22.3. The molecule has 0 unspecified atom stereocenters. The minimum atomic E-state index is -0.465. The second-order valence-corrected chi connectivity index (χ2v) is 10.7. The zero-order valence-electron chi connectivity index (χ0n) is 26.9. The number of benzene rings is 1. The number of ether oxygens (including phenoxy) is 10. The van der Waals surface area contributed by atoms with Crippen LogP contribution in [-0.2, 0) is 54.0 Å². The SMILES string of the molecule is O=C(NCCOCCOCCOCCOCCOCCOCCOCCOCCOCCCCCCI)OCc1ccccc1. The maximum absolute atomic E-state index is 11.6. The molecule has 45 heavy (non-hydrogen) atoms. The second-order valence-electron chi connectivity index (χ2n) is 9.60. The van der Waals surface area contributed by atoms with E-state index < -0.39 is 6.09 Å². The average Bonchev–Trinajstić information content (AvgIpc) is 3.06. The number of hydrogen-bond donors (Lipinski definition) is 1. The Labute approximate surface area is 283 Å². The Morgan fingerprint density at radius 3 is 1.29 bits per heavy atom. The standard InChI is InChI=1S/C32H56INO11/c33-10-6-1-2-7-12-36-14-16-38-18-20-40-22-24-42-26-28-44-29-27-43-25-23-41-21-19-39-17-15-37-13-11-34-32(35)45-30-31-8-4-3-5-9-31/h3-5,8-9H,1-2,6-7,10-30H2,(H,34,35). The number of nitrogens with one attached hydrogen (secondary N) is 1. The third kappa shape index (κ3) is 32.6. The fraction of sp³-hybridized carbons (Fsp3) is 0.781. The molecule has 0 saturated carbocycles. The van der Waals surface area contributed by atoms with Gasteiger partial charge in [0.05, 0.1) is 112 Å². The predicted molar refractivity (Wildman–Crippen MR) is 179 cm³/mol. The van der Waals surface area contributed by atoms with Crippen molar-refractivity contribution in [3.05, 3.63) is 35.9 Å². The van der Waals surface area contributed by atoms with Gasteiger partial charge in [0.15, 0.2) is 0 Å². The zero-order chi connectivity index (χ0) is 32.1. The molecule has 262 valence electrons. The lowest BCUT2D eigenvalue weighted by atomic mass is 10.2. The fourth-order valence-electron chi connectivity index (χ4n) is 3.51. The predicted octanol–water partition coefficient (Wildman–Crippen LogP) is 4.06. The topological polar surface area (TPSA) is 121 Å². The van der Waals surface area contributed by atoms with Gasteiger partial charge in [0.1, 0.15) is 6.61 Å². The zero-order valence-corrected chi connectivity index (χ0v) is 29.1. The molecule has 1 aromatic rings. The van der Waals surface area contributed by atoms with E-state index in [0.717, 1.165) is 18.6 Å². The normalized spacial score (nSPS) is 11.2. The van der Waals surface area contributed by atoms with Crippen molar-refractivity contribution in [3.8, 4) is 0 Å². The molecular formula is C32H56INO11. The number of carbonyl (C=O) groups excluding carboxylic acids is 1. The summed E-state index contributed by atoms with van der Waals surface area (Å²) in [5.41, 5.74) is 0.941. The van der Waals surface area contributed by atoms with Gasteiger partial charge in [0, 0.05) is 13.2 Å². The number of alkyl carbamates (subject to hydrolysis) is 1. The van der Waals surface area contributed by atoms with Crippen LogP contribution in [-0.4, -0.2) is 136 Å². The van der Waals surface area contributed by atoms with Crippen molar-refractivity contribution >= 4 is 28.7 Å². The molecule has 12 nitrogen and oxygen atoms in total. The van der Waals surface area contributed by atoms with Crippen LogP contribution >= 0.6 is 22.6 Å². The van der Waals surface area contributed by atoms with Gasteiger partial charge in [-0.05, 0) is 22.8 Å². The van der Waals surface area contributed by atoms with Crippen molar-refractivity contribution in [2.75, 3.05) is 130 Å². The lowest BCUT2D eigenvalue weighted by Gasteiger charge is -2.09. The molecule has 0 fully saturated rings. The van der Waals surface area contributed by atoms with Crippen molar-refractivity contribution in [3.63, 3.8) is 0 Å². The molecule has 0 aliphatic rings. The number of halogens is 1. The fourth-order valence-corrected chi connectivity index (χ4v) is 4.05. The molecular weight excluding hydrogens is 701 g/mol. The Morgan fingerprint density at radius 1 is 0.489 bits per heavy atom. The second kappa shape index (κ2) is 35.7.